The van der Waals surface area contributed by atoms with Gasteiger partial charge in [-0.05, 0) is 50.9 Å². The molecule has 2 N–H and O–H groups in total. The first kappa shape index (κ1) is 18.6. The van der Waals surface area contributed by atoms with E-state index in [0.717, 1.165) is 38.0 Å². The van der Waals surface area contributed by atoms with Crippen LogP contribution in [0, 0.1) is 0 Å². The number of hydrogen-bond acceptors (Lipinski definition) is 5. The first-order chi connectivity index (χ1) is 11.0. The van der Waals surface area contributed by atoms with Gasteiger partial charge in [0.25, 0.3) is 0 Å². The monoisotopic (exact) mass is 340 g/mol. The van der Waals surface area contributed by atoms with Crippen LogP contribution in [0.15, 0.2) is 24.3 Å². The minimum Gasteiger partial charge on any atom is -0.328 e. The lowest BCUT2D eigenvalue weighted by molar-refractivity contribution is 0.205. The highest BCUT2D eigenvalue weighted by Crippen LogP contribution is 2.51. The smallest absolute Gasteiger partial charge is 0.328 e. The van der Waals surface area contributed by atoms with E-state index >= 15 is 0 Å². The van der Waals surface area contributed by atoms with Crippen molar-refractivity contribution in [3.63, 3.8) is 0 Å². The van der Waals surface area contributed by atoms with Gasteiger partial charge in [0.1, 0.15) is 0 Å². The van der Waals surface area contributed by atoms with Crippen LogP contribution < -0.4 is 5.73 Å². The Labute approximate surface area is 139 Å². The first-order valence-corrected chi connectivity index (χ1v) is 10.2. The quantitative estimate of drug-likeness (QED) is 0.735. The molecular formula is C17H29N2O3P. The fourth-order valence-corrected chi connectivity index (χ4v) is 4.57. The minimum absolute atomic E-state index is 0.327. The van der Waals surface area contributed by atoms with Crippen molar-refractivity contribution in [2.45, 2.75) is 45.4 Å². The lowest BCUT2D eigenvalue weighted by Gasteiger charge is -2.30. The molecule has 0 unspecified atom stereocenters. The molecule has 0 radical (unpaired) electrons. The molecule has 6 heteroatoms. The van der Waals surface area contributed by atoms with E-state index in [2.05, 4.69) is 17.0 Å². The van der Waals surface area contributed by atoms with E-state index in [1.54, 1.807) is 0 Å². The summed E-state index contributed by atoms with van der Waals surface area (Å²) >= 11 is 0. The SMILES string of the molecule is CCOP(=O)(Cc1ccc(CN2CCC(N)CC2)cc1)OCC. The zero-order chi connectivity index (χ0) is 16.7. The van der Waals surface area contributed by atoms with Crippen LogP contribution in [0.3, 0.4) is 0 Å². The summed E-state index contributed by atoms with van der Waals surface area (Å²) in [4.78, 5) is 2.43. The molecule has 0 spiro atoms. The molecule has 1 heterocycles. The molecule has 0 atom stereocenters. The predicted octanol–water partition coefficient (Wildman–Crippen LogP) is 3.38. The molecule has 1 aromatic carbocycles. The molecule has 5 nitrogen and oxygen atoms in total. The summed E-state index contributed by atoms with van der Waals surface area (Å²) in [6, 6.07) is 8.61. The zero-order valence-electron chi connectivity index (χ0n) is 14.2. The van der Waals surface area contributed by atoms with E-state index in [1.807, 2.05) is 26.0 Å². The van der Waals surface area contributed by atoms with Crippen LogP contribution in [-0.4, -0.2) is 37.2 Å². The Kier molecular flexibility index (Phi) is 7.25. The van der Waals surface area contributed by atoms with Gasteiger partial charge < -0.3 is 14.8 Å². The third-order valence-electron chi connectivity index (χ3n) is 4.09. The van der Waals surface area contributed by atoms with Gasteiger partial charge >= 0.3 is 7.60 Å². The van der Waals surface area contributed by atoms with Gasteiger partial charge in [0.15, 0.2) is 0 Å². The van der Waals surface area contributed by atoms with E-state index in [-0.39, 0.29) is 0 Å². The largest absolute Gasteiger partial charge is 0.335 e. The van der Waals surface area contributed by atoms with Crippen LogP contribution in [-0.2, 0) is 26.3 Å². The van der Waals surface area contributed by atoms with Gasteiger partial charge in [0.05, 0.1) is 19.4 Å². The molecular weight excluding hydrogens is 311 g/mol. The maximum Gasteiger partial charge on any atom is 0.335 e. The Morgan fingerprint density at radius 2 is 1.61 bits per heavy atom. The third-order valence-corrected chi connectivity index (χ3v) is 6.14. The summed E-state index contributed by atoms with van der Waals surface area (Å²) in [5, 5.41) is 0. The third kappa shape index (κ3) is 6.02. The number of rotatable bonds is 8. The molecule has 0 aromatic heterocycles. The van der Waals surface area contributed by atoms with E-state index in [9.17, 15) is 4.57 Å². The van der Waals surface area contributed by atoms with E-state index in [4.69, 9.17) is 14.8 Å². The average Bonchev–Trinajstić information content (AvgIpc) is 2.52. The standard InChI is InChI=1S/C17H29N2O3P/c1-3-21-23(20,22-4-2)14-16-7-5-15(6-8-16)13-19-11-9-17(18)10-12-19/h5-8,17H,3-4,9-14,18H2,1-2H3. The maximum absolute atomic E-state index is 12.6. The van der Waals surface area contributed by atoms with Crippen molar-refractivity contribution in [1.29, 1.82) is 0 Å². The zero-order valence-corrected chi connectivity index (χ0v) is 15.1. The Hall–Kier alpha value is -0.710. The molecule has 0 saturated carbocycles. The van der Waals surface area contributed by atoms with Gasteiger partial charge in [-0.15, -0.1) is 0 Å². The van der Waals surface area contributed by atoms with Crippen LogP contribution in [0.1, 0.15) is 37.8 Å². The summed E-state index contributed by atoms with van der Waals surface area (Å²) in [5.74, 6) is 0. The van der Waals surface area contributed by atoms with Gasteiger partial charge in [-0.1, -0.05) is 24.3 Å². The van der Waals surface area contributed by atoms with Crippen LogP contribution in [0.25, 0.3) is 0 Å². The number of nitrogens with two attached hydrogens (primary N) is 1. The fourth-order valence-electron chi connectivity index (χ4n) is 2.86. The second-order valence-electron chi connectivity index (χ2n) is 6.03. The molecule has 1 saturated heterocycles. The molecule has 0 amide bonds. The Morgan fingerprint density at radius 1 is 1.09 bits per heavy atom. The number of nitrogens with zero attached hydrogens (tertiary/aromatic N) is 1. The Balaban J connectivity index is 1.92. The number of benzene rings is 1. The van der Waals surface area contributed by atoms with Crippen molar-refractivity contribution < 1.29 is 13.6 Å². The number of piperidine rings is 1. The first-order valence-electron chi connectivity index (χ1n) is 8.48. The summed E-state index contributed by atoms with van der Waals surface area (Å²) < 4.78 is 23.2. The topological polar surface area (TPSA) is 64.8 Å². The highest BCUT2D eigenvalue weighted by Gasteiger charge is 2.24. The lowest BCUT2D eigenvalue weighted by atomic mass is 10.1. The molecule has 1 aromatic rings. The second kappa shape index (κ2) is 8.95. The molecule has 1 fully saturated rings. The number of hydrogen-bond donors (Lipinski definition) is 1. The van der Waals surface area contributed by atoms with E-state index in [1.165, 1.54) is 5.56 Å². The van der Waals surface area contributed by atoms with Crippen molar-refractivity contribution in [3.05, 3.63) is 35.4 Å². The van der Waals surface area contributed by atoms with Gasteiger partial charge in [-0.3, -0.25) is 9.46 Å². The normalized spacial score (nSPS) is 17.5. The molecule has 2 rings (SSSR count). The Bertz CT molecular complexity index is 503. The van der Waals surface area contributed by atoms with Gasteiger partial charge in [0, 0.05) is 12.6 Å². The van der Waals surface area contributed by atoms with Crippen LogP contribution >= 0.6 is 7.60 Å². The lowest BCUT2D eigenvalue weighted by Crippen LogP contribution is -2.39. The molecule has 0 aliphatic carbocycles. The van der Waals surface area contributed by atoms with Crippen molar-refractivity contribution in [1.82, 2.24) is 4.90 Å². The Morgan fingerprint density at radius 3 is 2.13 bits per heavy atom. The summed E-state index contributed by atoms with van der Waals surface area (Å²) in [6.45, 7) is 7.53. The summed E-state index contributed by atoms with van der Waals surface area (Å²) in [6.07, 6.45) is 2.47. The van der Waals surface area contributed by atoms with Crippen molar-refractivity contribution in [3.8, 4) is 0 Å². The molecule has 130 valence electrons. The van der Waals surface area contributed by atoms with Gasteiger partial charge in [0.2, 0.25) is 0 Å². The van der Waals surface area contributed by atoms with E-state index in [0.29, 0.717) is 25.4 Å². The van der Waals surface area contributed by atoms with E-state index < -0.39 is 7.60 Å². The molecule has 1 aliphatic heterocycles. The van der Waals surface area contributed by atoms with Crippen LogP contribution in [0.2, 0.25) is 0 Å². The minimum atomic E-state index is -3.02. The van der Waals surface area contributed by atoms with Crippen LogP contribution in [0.5, 0.6) is 0 Å². The fraction of sp³-hybridized carbons (Fsp3) is 0.647. The second-order valence-corrected chi connectivity index (χ2v) is 8.09. The maximum atomic E-state index is 12.6. The average molecular weight is 340 g/mol. The highest BCUT2D eigenvalue weighted by molar-refractivity contribution is 7.53. The van der Waals surface area contributed by atoms with Crippen molar-refractivity contribution >= 4 is 7.60 Å². The van der Waals surface area contributed by atoms with Gasteiger partial charge in [-0.2, -0.15) is 0 Å². The highest BCUT2D eigenvalue weighted by atomic mass is 31.2. The summed E-state index contributed by atoms with van der Waals surface area (Å²) in [7, 11) is -3.02. The predicted molar refractivity (Wildman–Crippen MR) is 93.5 cm³/mol. The van der Waals surface area contributed by atoms with Crippen molar-refractivity contribution in [2.24, 2.45) is 5.73 Å². The number of likely N-dealkylation sites (tertiary alicyclic amines) is 1. The van der Waals surface area contributed by atoms with Gasteiger partial charge in [-0.25, -0.2) is 0 Å². The van der Waals surface area contributed by atoms with Crippen molar-refractivity contribution in [2.75, 3.05) is 26.3 Å². The summed E-state index contributed by atoms with van der Waals surface area (Å²) in [5.41, 5.74) is 8.20. The molecule has 1 aliphatic rings. The molecule has 23 heavy (non-hydrogen) atoms. The molecule has 0 bridgehead atoms. The van der Waals surface area contributed by atoms with Crippen LogP contribution in [0.4, 0.5) is 0 Å².